The molecule has 0 aliphatic heterocycles. The van der Waals surface area contributed by atoms with Gasteiger partial charge < -0.3 is 9.64 Å². The number of likely N-dealkylation sites (N-methyl/N-ethyl adjacent to an activating group) is 1. The molecule has 1 atom stereocenters. The third kappa shape index (κ3) is 4.43. The van der Waals surface area contributed by atoms with Gasteiger partial charge in [-0.3, -0.25) is 5.32 Å². The van der Waals surface area contributed by atoms with Crippen LogP contribution in [0.3, 0.4) is 0 Å². The van der Waals surface area contributed by atoms with Crippen LogP contribution >= 0.6 is 0 Å². The summed E-state index contributed by atoms with van der Waals surface area (Å²) in [5.74, 6) is -0.782. The first-order valence-electron chi connectivity index (χ1n) is 5.76. The van der Waals surface area contributed by atoms with Crippen molar-refractivity contribution in [1.82, 2.24) is 10.2 Å². The maximum absolute atomic E-state index is 13.2. The number of hydrogen-bond acceptors (Lipinski definition) is 4. The first kappa shape index (κ1) is 14.6. The highest BCUT2D eigenvalue weighted by molar-refractivity contribution is 5.77. The van der Waals surface area contributed by atoms with Gasteiger partial charge in [0.25, 0.3) is 0 Å². The molecule has 18 heavy (non-hydrogen) atoms. The van der Waals surface area contributed by atoms with E-state index in [2.05, 4.69) is 5.32 Å². The molecular weight excluding hydrogens is 235 g/mol. The van der Waals surface area contributed by atoms with Crippen molar-refractivity contribution in [3.05, 3.63) is 35.6 Å². The predicted octanol–water partition coefficient (Wildman–Crippen LogP) is 1.19. The molecule has 0 spiro atoms. The van der Waals surface area contributed by atoms with Crippen molar-refractivity contribution >= 4 is 5.97 Å². The summed E-state index contributed by atoms with van der Waals surface area (Å²) < 4.78 is 17.9. The zero-order valence-corrected chi connectivity index (χ0v) is 10.9. The molecule has 0 heterocycles. The zero-order valence-electron chi connectivity index (χ0n) is 10.9. The number of halogens is 1. The third-order valence-corrected chi connectivity index (χ3v) is 2.53. The van der Waals surface area contributed by atoms with Crippen LogP contribution in [0, 0.1) is 5.82 Å². The van der Waals surface area contributed by atoms with Crippen LogP contribution in [-0.2, 0) is 9.53 Å². The lowest BCUT2D eigenvalue weighted by Gasteiger charge is -2.18. The molecule has 1 unspecified atom stereocenters. The van der Waals surface area contributed by atoms with Crippen molar-refractivity contribution in [3.8, 4) is 0 Å². The molecule has 4 nitrogen and oxygen atoms in total. The second-order valence-corrected chi connectivity index (χ2v) is 4.27. The maximum Gasteiger partial charge on any atom is 0.327 e. The lowest BCUT2D eigenvalue weighted by atomic mass is 10.1. The second kappa shape index (κ2) is 7.08. The van der Waals surface area contributed by atoms with Gasteiger partial charge in [-0.2, -0.15) is 0 Å². The van der Waals surface area contributed by atoms with E-state index in [0.29, 0.717) is 12.1 Å². The number of benzene rings is 1. The number of rotatable bonds is 6. The first-order valence-corrected chi connectivity index (χ1v) is 5.76. The molecule has 0 saturated heterocycles. The standard InChI is InChI=1S/C13H19FN2O2/c1-16(2)8-7-15-12(13(17)18-3)10-5-4-6-11(14)9-10/h4-6,9,12,15H,7-8H2,1-3H3. The van der Waals surface area contributed by atoms with Crippen molar-refractivity contribution in [2.24, 2.45) is 0 Å². The van der Waals surface area contributed by atoms with E-state index in [0.717, 1.165) is 6.54 Å². The van der Waals surface area contributed by atoms with E-state index >= 15 is 0 Å². The minimum Gasteiger partial charge on any atom is -0.468 e. The minimum absolute atomic E-state index is 0.365. The summed E-state index contributed by atoms with van der Waals surface area (Å²) in [6.07, 6.45) is 0. The van der Waals surface area contributed by atoms with Crippen LogP contribution in [0.1, 0.15) is 11.6 Å². The monoisotopic (exact) mass is 254 g/mol. The highest BCUT2D eigenvalue weighted by atomic mass is 19.1. The molecular formula is C13H19FN2O2. The number of esters is 1. The Morgan fingerprint density at radius 3 is 2.78 bits per heavy atom. The molecule has 0 aliphatic rings. The van der Waals surface area contributed by atoms with Crippen LogP contribution < -0.4 is 5.32 Å². The number of nitrogens with zero attached hydrogens (tertiary/aromatic N) is 1. The van der Waals surface area contributed by atoms with Gasteiger partial charge in [-0.1, -0.05) is 12.1 Å². The molecule has 0 aliphatic carbocycles. The summed E-state index contributed by atoms with van der Waals surface area (Å²) in [6.45, 7) is 1.39. The van der Waals surface area contributed by atoms with Crippen LogP contribution in [0.5, 0.6) is 0 Å². The largest absolute Gasteiger partial charge is 0.468 e. The number of methoxy groups -OCH3 is 1. The lowest BCUT2D eigenvalue weighted by Crippen LogP contribution is -2.34. The van der Waals surface area contributed by atoms with Gasteiger partial charge in [0.1, 0.15) is 11.9 Å². The Labute approximate surface area is 107 Å². The van der Waals surface area contributed by atoms with Gasteiger partial charge in [-0.15, -0.1) is 0 Å². The van der Waals surface area contributed by atoms with E-state index in [1.54, 1.807) is 12.1 Å². The molecule has 0 fully saturated rings. The van der Waals surface area contributed by atoms with E-state index in [4.69, 9.17) is 4.74 Å². The van der Waals surface area contributed by atoms with E-state index in [9.17, 15) is 9.18 Å². The third-order valence-electron chi connectivity index (χ3n) is 2.53. The summed E-state index contributed by atoms with van der Waals surface area (Å²) in [4.78, 5) is 13.7. The fourth-order valence-corrected chi connectivity index (χ4v) is 1.57. The molecule has 1 aromatic carbocycles. The lowest BCUT2D eigenvalue weighted by molar-refractivity contribution is -0.143. The normalized spacial score (nSPS) is 12.5. The van der Waals surface area contributed by atoms with Crippen molar-refractivity contribution in [1.29, 1.82) is 0 Å². The average Bonchev–Trinajstić information content (AvgIpc) is 2.33. The number of hydrogen-bond donors (Lipinski definition) is 1. The number of carbonyl (C=O) groups excluding carboxylic acids is 1. The molecule has 0 saturated carbocycles. The molecule has 1 N–H and O–H groups in total. The SMILES string of the molecule is COC(=O)C(NCCN(C)C)c1cccc(F)c1. The van der Waals surface area contributed by atoms with E-state index in [1.807, 2.05) is 19.0 Å². The Morgan fingerprint density at radius 1 is 1.50 bits per heavy atom. The van der Waals surface area contributed by atoms with E-state index in [1.165, 1.54) is 19.2 Å². The molecule has 0 radical (unpaired) electrons. The summed E-state index contributed by atoms with van der Waals surface area (Å²) in [6, 6.07) is 5.33. The Morgan fingerprint density at radius 2 is 2.22 bits per heavy atom. The number of carbonyl (C=O) groups is 1. The molecule has 5 heteroatoms. The van der Waals surface area contributed by atoms with Gasteiger partial charge in [0.2, 0.25) is 0 Å². The van der Waals surface area contributed by atoms with Crippen molar-refractivity contribution in [3.63, 3.8) is 0 Å². The quantitative estimate of drug-likeness (QED) is 0.774. The molecule has 0 amide bonds. The maximum atomic E-state index is 13.2. The second-order valence-electron chi connectivity index (χ2n) is 4.27. The summed E-state index contributed by atoms with van der Waals surface area (Å²) in [5, 5.41) is 3.06. The van der Waals surface area contributed by atoms with Gasteiger partial charge in [-0.25, -0.2) is 9.18 Å². The molecule has 100 valence electrons. The predicted molar refractivity (Wildman–Crippen MR) is 67.7 cm³/mol. The van der Waals surface area contributed by atoms with E-state index in [-0.39, 0.29) is 5.82 Å². The topological polar surface area (TPSA) is 41.6 Å². The van der Waals surface area contributed by atoms with Crippen molar-refractivity contribution in [2.75, 3.05) is 34.3 Å². The highest BCUT2D eigenvalue weighted by Gasteiger charge is 2.20. The summed E-state index contributed by atoms with van der Waals surface area (Å²) in [5.41, 5.74) is 0.570. The fourth-order valence-electron chi connectivity index (χ4n) is 1.57. The molecule has 0 aromatic heterocycles. The van der Waals surface area contributed by atoms with Gasteiger partial charge >= 0.3 is 5.97 Å². The van der Waals surface area contributed by atoms with Gasteiger partial charge in [0.05, 0.1) is 7.11 Å². The Balaban J connectivity index is 2.75. The molecule has 0 bridgehead atoms. The fraction of sp³-hybridized carbons (Fsp3) is 0.462. The highest BCUT2D eigenvalue weighted by Crippen LogP contribution is 2.15. The summed E-state index contributed by atoms with van der Waals surface area (Å²) in [7, 11) is 5.20. The smallest absolute Gasteiger partial charge is 0.327 e. The van der Waals surface area contributed by atoms with Crippen molar-refractivity contribution < 1.29 is 13.9 Å². The van der Waals surface area contributed by atoms with Crippen LogP contribution in [0.25, 0.3) is 0 Å². The first-order chi connectivity index (χ1) is 8.54. The van der Waals surface area contributed by atoms with Gasteiger partial charge in [-0.05, 0) is 31.8 Å². The van der Waals surface area contributed by atoms with Crippen LogP contribution in [0.2, 0.25) is 0 Å². The van der Waals surface area contributed by atoms with E-state index < -0.39 is 12.0 Å². The summed E-state index contributed by atoms with van der Waals surface area (Å²) >= 11 is 0. The average molecular weight is 254 g/mol. The molecule has 1 rings (SSSR count). The van der Waals surface area contributed by atoms with Gasteiger partial charge in [0, 0.05) is 13.1 Å². The van der Waals surface area contributed by atoms with Crippen LogP contribution in [0.4, 0.5) is 4.39 Å². The van der Waals surface area contributed by atoms with Gasteiger partial charge in [0.15, 0.2) is 0 Å². The zero-order chi connectivity index (χ0) is 13.5. The van der Waals surface area contributed by atoms with Crippen molar-refractivity contribution in [2.45, 2.75) is 6.04 Å². The Hall–Kier alpha value is -1.46. The van der Waals surface area contributed by atoms with Crippen LogP contribution in [-0.4, -0.2) is 45.2 Å². The Kier molecular flexibility index (Phi) is 5.74. The number of nitrogens with one attached hydrogen (secondary N) is 1. The Bertz CT molecular complexity index is 396. The number of ether oxygens (including phenoxy) is 1. The van der Waals surface area contributed by atoms with Crippen LogP contribution in [0.15, 0.2) is 24.3 Å². The molecule has 1 aromatic rings. The minimum atomic E-state index is -0.634.